The van der Waals surface area contributed by atoms with E-state index in [9.17, 15) is 22.8 Å². The molecule has 22 heavy (non-hydrogen) atoms. The molecule has 0 aliphatic heterocycles. The van der Waals surface area contributed by atoms with Crippen LogP contribution < -0.4 is 10.7 Å². The van der Waals surface area contributed by atoms with Crippen LogP contribution in [-0.4, -0.2) is 21.0 Å². The zero-order valence-corrected chi connectivity index (χ0v) is 11.2. The van der Waals surface area contributed by atoms with E-state index in [1.54, 1.807) is 0 Å². The van der Waals surface area contributed by atoms with Crippen LogP contribution in [0.4, 0.5) is 23.8 Å². The summed E-state index contributed by atoms with van der Waals surface area (Å²) in [5, 5.41) is 14.3. The first-order chi connectivity index (χ1) is 10.2. The number of nitrogens with one attached hydrogen (secondary N) is 1. The lowest BCUT2D eigenvalue weighted by Crippen LogP contribution is -2.22. The summed E-state index contributed by atoms with van der Waals surface area (Å²) in [5.74, 6) is -0.432. The van der Waals surface area contributed by atoms with Crippen molar-refractivity contribution >= 4 is 11.9 Å². The first-order valence-corrected chi connectivity index (χ1v) is 5.97. The van der Waals surface area contributed by atoms with E-state index in [2.05, 4.69) is 5.10 Å². The lowest BCUT2D eigenvalue weighted by atomic mass is 10.2. The maximum Gasteiger partial charge on any atom is 0.416 e. The number of halogens is 3. The predicted molar refractivity (Wildman–Crippen MR) is 71.2 cm³/mol. The van der Waals surface area contributed by atoms with Crippen molar-refractivity contribution in [1.82, 2.24) is 9.78 Å². The van der Waals surface area contributed by atoms with Gasteiger partial charge in [-0.15, -0.1) is 5.10 Å². The summed E-state index contributed by atoms with van der Waals surface area (Å²) in [6.45, 7) is 1.52. The van der Waals surface area contributed by atoms with Crippen LogP contribution in [0.15, 0.2) is 35.1 Å². The molecule has 0 spiro atoms. The summed E-state index contributed by atoms with van der Waals surface area (Å²) in [6, 6.07) is 5.24. The van der Waals surface area contributed by atoms with Crippen molar-refractivity contribution in [3.63, 3.8) is 0 Å². The Morgan fingerprint density at radius 1 is 1.27 bits per heavy atom. The van der Waals surface area contributed by atoms with Gasteiger partial charge in [0.15, 0.2) is 0 Å². The van der Waals surface area contributed by atoms with Gasteiger partial charge >= 0.3 is 12.3 Å². The molecular weight excluding hydrogens is 303 g/mol. The monoisotopic (exact) mass is 313 g/mol. The van der Waals surface area contributed by atoms with Crippen LogP contribution in [-0.2, 0) is 6.18 Å². The molecule has 2 rings (SSSR count). The Morgan fingerprint density at radius 3 is 2.36 bits per heavy atom. The third kappa shape index (κ3) is 3.25. The van der Waals surface area contributed by atoms with Crippen LogP contribution in [0.2, 0.25) is 0 Å². The summed E-state index contributed by atoms with van der Waals surface area (Å²) >= 11 is 0. The number of aromatic nitrogens is 2. The quantitative estimate of drug-likeness (QED) is 0.892. The molecule has 0 aliphatic carbocycles. The van der Waals surface area contributed by atoms with Crippen molar-refractivity contribution in [2.45, 2.75) is 13.1 Å². The molecule has 0 fully saturated rings. The molecule has 0 radical (unpaired) electrons. The normalized spacial score (nSPS) is 11.3. The standard InChI is InChI=1S/C13H10F3N3O3/c1-7-6-10(20)11(17-12(21)22)18-19(7)9-4-2-8(3-5-9)13(14,15)16/h2-6H,1H3,(H,17,18)(H,21,22). The van der Waals surface area contributed by atoms with E-state index in [4.69, 9.17) is 5.11 Å². The number of carbonyl (C=O) groups is 1. The van der Waals surface area contributed by atoms with E-state index in [-0.39, 0.29) is 5.69 Å². The fourth-order valence-electron chi connectivity index (χ4n) is 1.79. The Kier molecular flexibility index (Phi) is 3.89. The predicted octanol–water partition coefficient (Wildman–Crippen LogP) is 2.65. The Bertz CT molecular complexity index is 767. The Balaban J connectivity index is 2.48. The summed E-state index contributed by atoms with van der Waals surface area (Å²) in [4.78, 5) is 22.2. The van der Waals surface area contributed by atoms with Crippen LogP contribution in [0.25, 0.3) is 5.69 Å². The first-order valence-electron chi connectivity index (χ1n) is 5.97. The second-order valence-electron chi connectivity index (χ2n) is 4.39. The molecular formula is C13H10F3N3O3. The smallest absolute Gasteiger partial charge is 0.416 e. The van der Waals surface area contributed by atoms with E-state index >= 15 is 0 Å². The minimum Gasteiger partial charge on any atom is -0.465 e. The van der Waals surface area contributed by atoms with Gasteiger partial charge in [0.25, 0.3) is 0 Å². The number of hydrogen-bond donors (Lipinski definition) is 2. The van der Waals surface area contributed by atoms with Gasteiger partial charge in [0.1, 0.15) is 0 Å². The number of amides is 1. The third-order valence-electron chi connectivity index (χ3n) is 2.77. The number of alkyl halides is 3. The first kappa shape index (κ1) is 15.5. The van der Waals surface area contributed by atoms with Gasteiger partial charge in [-0.2, -0.15) is 13.2 Å². The van der Waals surface area contributed by atoms with Crippen molar-refractivity contribution in [1.29, 1.82) is 0 Å². The van der Waals surface area contributed by atoms with Crippen LogP contribution in [0.3, 0.4) is 0 Å². The molecule has 1 heterocycles. The summed E-state index contributed by atoms with van der Waals surface area (Å²) < 4.78 is 38.7. The van der Waals surface area contributed by atoms with Crippen LogP contribution in [0.1, 0.15) is 11.3 Å². The van der Waals surface area contributed by atoms with E-state index in [0.29, 0.717) is 5.69 Å². The lowest BCUT2D eigenvalue weighted by molar-refractivity contribution is -0.137. The molecule has 2 N–H and O–H groups in total. The molecule has 0 aliphatic rings. The maximum atomic E-state index is 12.5. The fraction of sp³-hybridized carbons (Fsp3) is 0.154. The number of carboxylic acid groups (broad SMARTS) is 1. The molecule has 1 amide bonds. The number of nitrogens with zero attached hydrogens (tertiary/aromatic N) is 2. The number of rotatable bonds is 2. The zero-order chi connectivity index (χ0) is 16.5. The van der Waals surface area contributed by atoms with E-state index in [1.807, 2.05) is 5.32 Å². The molecule has 0 bridgehead atoms. The third-order valence-corrected chi connectivity index (χ3v) is 2.77. The van der Waals surface area contributed by atoms with Gasteiger partial charge in [-0.1, -0.05) is 0 Å². The van der Waals surface area contributed by atoms with Gasteiger partial charge in [-0.25, -0.2) is 9.48 Å². The fourth-order valence-corrected chi connectivity index (χ4v) is 1.79. The second kappa shape index (κ2) is 5.51. The van der Waals surface area contributed by atoms with E-state index in [1.165, 1.54) is 23.7 Å². The highest BCUT2D eigenvalue weighted by Crippen LogP contribution is 2.29. The molecule has 9 heteroatoms. The molecule has 2 aromatic rings. The van der Waals surface area contributed by atoms with Gasteiger partial charge < -0.3 is 5.11 Å². The number of anilines is 1. The molecule has 0 saturated heterocycles. The van der Waals surface area contributed by atoms with Gasteiger partial charge in [-0.3, -0.25) is 10.1 Å². The maximum absolute atomic E-state index is 12.5. The Morgan fingerprint density at radius 2 is 1.86 bits per heavy atom. The number of benzene rings is 1. The molecule has 0 saturated carbocycles. The average molecular weight is 313 g/mol. The Labute approximate surface area is 121 Å². The van der Waals surface area contributed by atoms with E-state index in [0.717, 1.165) is 18.2 Å². The van der Waals surface area contributed by atoms with Gasteiger partial charge in [-0.05, 0) is 31.2 Å². The summed E-state index contributed by atoms with van der Waals surface area (Å²) in [6.07, 6.45) is -5.92. The van der Waals surface area contributed by atoms with Crippen LogP contribution >= 0.6 is 0 Å². The summed E-state index contributed by atoms with van der Waals surface area (Å²) in [5.41, 5.74) is -0.846. The second-order valence-corrected chi connectivity index (χ2v) is 4.39. The number of aryl methyl sites for hydroxylation is 1. The Hall–Kier alpha value is -2.84. The van der Waals surface area contributed by atoms with Gasteiger partial charge in [0.2, 0.25) is 11.2 Å². The van der Waals surface area contributed by atoms with E-state index < -0.39 is 29.1 Å². The largest absolute Gasteiger partial charge is 0.465 e. The summed E-state index contributed by atoms with van der Waals surface area (Å²) in [7, 11) is 0. The van der Waals surface area contributed by atoms with Crippen molar-refractivity contribution in [2.75, 3.05) is 5.32 Å². The minimum absolute atomic E-state index is 0.263. The van der Waals surface area contributed by atoms with Crippen molar-refractivity contribution < 1.29 is 23.1 Å². The molecule has 6 nitrogen and oxygen atoms in total. The van der Waals surface area contributed by atoms with Crippen LogP contribution in [0.5, 0.6) is 0 Å². The van der Waals surface area contributed by atoms with Crippen molar-refractivity contribution in [3.05, 3.63) is 51.8 Å². The molecule has 1 aromatic carbocycles. The minimum atomic E-state index is -4.46. The van der Waals surface area contributed by atoms with Crippen LogP contribution in [0, 0.1) is 6.92 Å². The molecule has 0 atom stereocenters. The van der Waals surface area contributed by atoms with Crippen molar-refractivity contribution in [3.8, 4) is 5.69 Å². The molecule has 1 aromatic heterocycles. The van der Waals surface area contributed by atoms with Gasteiger partial charge in [0.05, 0.1) is 11.3 Å². The zero-order valence-electron chi connectivity index (χ0n) is 11.2. The number of hydrogen-bond acceptors (Lipinski definition) is 3. The lowest BCUT2D eigenvalue weighted by Gasteiger charge is -2.12. The highest BCUT2D eigenvalue weighted by molar-refractivity contribution is 5.81. The molecule has 116 valence electrons. The average Bonchev–Trinajstić information content (AvgIpc) is 2.40. The highest BCUT2D eigenvalue weighted by atomic mass is 19.4. The van der Waals surface area contributed by atoms with Gasteiger partial charge in [0, 0.05) is 11.8 Å². The highest BCUT2D eigenvalue weighted by Gasteiger charge is 2.30. The SMILES string of the molecule is Cc1cc(=O)c(NC(=O)O)nn1-c1ccc(C(F)(F)F)cc1. The van der Waals surface area contributed by atoms with Crippen molar-refractivity contribution in [2.24, 2.45) is 0 Å². The molecule has 0 unspecified atom stereocenters. The topological polar surface area (TPSA) is 84.2 Å².